The van der Waals surface area contributed by atoms with Gasteiger partial charge in [-0.3, -0.25) is 4.68 Å². The Bertz CT molecular complexity index is 320. The van der Waals surface area contributed by atoms with Gasteiger partial charge in [0.05, 0.1) is 5.69 Å². The number of nitrogens with zero attached hydrogens (tertiary/aromatic N) is 3. The van der Waals surface area contributed by atoms with Crippen LogP contribution in [0.5, 0.6) is 0 Å². The molecule has 0 aromatic carbocycles. The Morgan fingerprint density at radius 3 is 2.63 bits per heavy atom. The molecule has 0 radical (unpaired) electrons. The summed E-state index contributed by atoms with van der Waals surface area (Å²) in [5, 5.41) is 11.8. The molecule has 0 atom stereocenters. The molecule has 1 N–H and O–H groups in total. The largest absolute Gasteiger partial charge is 0.311 e. The second kappa shape index (κ2) is 9.96. The monoisotopic (exact) mass is 266 g/mol. The van der Waals surface area contributed by atoms with E-state index in [1.807, 2.05) is 4.68 Å². The summed E-state index contributed by atoms with van der Waals surface area (Å²) in [6, 6.07) is 0. The molecule has 1 aromatic heterocycles. The molecule has 0 saturated carbocycles. The molecule has 0 aliphatic carbocycles. The molecule has 19 heavy (non-hydrogen) atoms. The van der Waals surface area contributed by atoms with Crippen LogP contribution in [0, 0.1) is 5.92 Å². The fourth-order valence-electron chi connectivity index (χ4n) is 2.07. The minimum atomic E-state index is 0.679. The smallest absolute Gasteiger partial charge is 0.0964 e. The van der Waals surface area contributed by atoms with Crippen molar-refractivity contribution in [1.29, 1.82) is 0 Å². The third kappa shape index (κ3) is 7.98. The quantitative estimate of drug-likeness (QED) is 0.624. The SMILES string of the molecule is CCCCCCCCn1cc(CNCC(C)C)nn1. The van der Waals surface area contributed by atoms with Gasteiger partial charge in [-0.15, -0.1) is 5.10 Å². The predicted octanol–water partition coefficient (Wildman–Crippen LogP) is 3.38. The molecule has 110 valence electrons. The number of unbranched alkanes of at least 4 members (excludes halogenated alkanes) is 5. The molecule has 1 rings (SSSR count). The molecule has 4 nitrogen and oxygen atoms in total. The minimum Gasteiger partial charge on any atom is -0.311 e. The highest BCUT2D eigenvalue weighted by molar-refractivity contribution is 4.91. The molecule has 0 aliphatic heterocycles. The first kappa shape index (κ1) is 16.2. The van der Waals surface area contributed by atoms with Crippen molar-refractivity contribution < 1.29 is 0 Å². The molecular weight excluding hydrogens is 236 g/mol. The maximum atomic E-state index is 4.19. The van der Waals surface area contributed by atoms with E-state index in [9.17, 15) is 0 Å². The van der Waals surface area contributed by atoms with Gasteiger partial charge >= 0.3 is 0 Å². The van der Waals surface area contributed by atoms with Crippen molar-refractivity contribution in [3.05, 3.63) is 11.9 Å². The number of nitrogens with one attached hydrogen (secondary N) is 1. The molecule has 0 fully saturated rings. The second-order valence-corrected chi connectivity index (χ2v) is 5.77. The Morgan fingerprint density at radius 1 is 1.16 bits per heavy atom. The van der Waals surface area contributed by atoms with Crippen LogP contribution in [-0.2, 0) is 13.1 Å². The van der Waals surface area contributed by atoms with E-state index in [1.165, 1.54) is 38.5 Å². The average Bonchev–Trinajstić information content (AvgIpc) is 2.81. The Balaban J connectivity index is 2.09. The van der Waals surface area contributed by atoms with E-state index in [0.29, 0.717) is 5.92 Å². The highest BCUT2D eigenvalue weighted by Crippen LogP contribution is 2.06. The van der Waals surface area contributed by atoms with Crippen LogP contribution < -0.4 is 5.32 Å². The summed E-state index contributed by atoms with van der Waals surface area (Å²) >= 11 is 0. The molecule has 0 spiro atoms. The summed E-state index contributed by atoms with van der Waals surface area (Å²) in [5.74, 6) is 0.679. The Morgan fingerprint density at radius 2 is 1.89 bits per heavy atom. The van der Waals surface area contributed by atoms with Crippen LogP contribution in [-0.4, -0.2) is 21.5 Å². The van der Waals surface area contributed by atoms with Gasteiger partial charge in [0, 0.05) is 19.3 Å². The zero-order valence-corrected chi connectivity index (χ0v) is 12.9. The lowest BCUT2D eigenvalue weighted by Gasteiger charge is -2.04. The number of hydrogen-bond donors (Lipinski definition) is 1. The van der Waals surface area contributed by atoms with Gasteiger partial charge in [0.1, 0.15) is 0 Å². The van der Waals surface area contributed by atoms with Gasteiger partial charge in [-0.05, 0) is 18.9 Å². The Hall–Kier alpha value is -0.900. The van der Waals surface area contributed by atoms with Crippen molar-refractivity contribution in [3.63, 3.8) is 0 Å². The lowest BCUT2D eigenvalue weighted by atomic mass is 10.1. The lowest BCUT2D eigenvalue weighted by Crippen LogP contribution is -2.19. The van der Waals surface area contributed by atoms with Gasteiger partial charge in [0.25, 0.3) is 0 Å². The summed E-state index contributed by atoms with van der Waals surface area (Å²) in [6.45, 7) is 9.54. The number of hydrogen-bond acceptors (Lipinski definition) is 3. The number of rotatable bonds is 11. The first-order chi connectivity index (χ1) is 9.22. The summed E-state index contributed by atoms with van der Waals surface area (Å²) in [5.41, 5.74) is 1.05. The molecule has 0 bridgehead atoms. The van der Waals surface area contributed by atoms with Gasteiger partial charge in [0.2, 0.25) is 0 Å². The van der Waals surface area contributed by atoms with Gasteiger partial charge in [0.15, 0.2) is 0 Å². The van der Waals surface area contributed by atoms with Crippen molar-refractivity contribution >= 4 is 0 Å². The van der Waals surface area contributed by atoms with E-state index in [1.54, 1.807) is 0 Å². The van der Waals surface area contributed by atoms with Gasteiger partial charge in [-0.1, -0.05) is 58.1 Å². The molecule has 1 heterocycles. The van der Waals surface area contributed by atoms with Crippen molar-refractivity contribution in [2.45, 2.75) is 72.4 Å². The van der Waals surface area contributed by atoms with Crippen LogP contribution in [0.1, 0.15) is 65.0 Å². The zero-order valence-electron chi connectivity index (χ0n) is 12.9. The maximum Gasteiger partial charge on any atom is 0.0964 e. The standard InChI is InChI=1S/C15H30N4/c1-4-5-6-7-8-9-10-19-13-15(17-18-19)12-16-11-14(2)3/h13-14,16H,4-12H2,1-3H3. The van der Waals surface area contributed by atoms with Crippen molar-refractivity contribution in [2.75, 3.05) is 6.54 Å². The molecular formula is C15H30N4. The first-order valence-corrected chi connectivity index (χ1v) is 7.82. The highest BCUT2D eigenvalue weighted by atomic mass is 15.4. The summed E-state index contributed by atoms with van der Waals surface area (Å²) in [7, 11) is 0. The third-order valence-corrected chi connectivity index (χ3v) is 3.19. The summed E-state index contributed by atoms with van der Waals surface area (Å²) in [6.07, 6.45) is 10.0. The fourth-order valence-corrected chi connectivity index (χ4v) is 2.07. The first-order valence-electron chi connectivity index (χ1n) is 7.82. The van der Waals surface area contributed by atoms with Crippen molar-refractivity contribution in [1.82, 2.24) is 20.3 Å². The van der Waals surface area contributed by atoms with E-state index >= 15 is 0 Å². The van der Waals surface area contributed by atoms with Crippen molar-refractivity contribution in [3.8, 4) is 0 Å². The topological polar surface area (TPSA) is 42.7 Å². The van der Waals surface area contributed by atoms with Crippen LogP contribution in [0.2, 0.25) is 0 Å². The molecule has 0 aliphatic rings. The van der Waals surface area contributed by atoms with Crippen LogP contribution >= 0.6 is 0 Å². The zero-order chi connectivity index (χ0) is 13.9. The second-order valence-electron chi connectivity index (χ2n) is 5.77. The highest BCUT2D eigenvalue weighted by Gasteiger charge is 2.01. The molecule has 0 saturated heterocycles. The maximum absolute atomic E-state index is 4.19. The van der Waals surface area contributed by atoms with Gasteiger partial charge in [-0.2, -0.15) is 0 Å². The van der Waals surface area contributed by atoms with E-state index in [0.717, 1.165) is 25.3 Å². The average molecular weight is 266 g/mol. The number of aryl methyl sites for hydroxylation is 1. The van der Waals surface area contributed by atoms with E-state index in [-0.39, 0.29) is 0 Å². The number of aromatic nitrogens is 3. The van der Waals surface area contributed by atoms with Crippen LogP contribution in [0.4, 0.5) is 0 Å². The minimum absolute atomic E-state index is 0.679. The van der Waals surface area contributed by atoms with Gasteiger partial charge < -0.3 is 5.32 Å². The van der Waals surface area contributed by atoms with Crippen molar-refractivity contribution in [2.24, 2.45) is 5.92 Å². The van der Waals surface area contributed by atoms with Crippen LogP contribution in [0.3, 0.4) is 0 Å². The molecule has 4 heteroatoms. The molecule has 1 aromatic rings. The third-order valence-electron chi connectivity index (χ3n) is 3.19. The van der Waals surface area contributed by atoms with Gasteiger partial charge in [-0.25, -0.2) is 0 Å². The molecule has 0 amide bonds. The van der Waals surface area contributed by atoms with Crippen LogP contribution in [0.15, 0.2) is 6.20 Å². The van der Waals surface area contributed by atoms with E-state index in [2.05, 4.69) is 42.6 Å². The van der Waals surface area contributed by atoms with E-state index < -0.39 is 0 Å². The normalized spacial score (nSPS) is 11.4. The van der Waals surface area contributed by atoms with E-state index in [4.69, 9.17) is 0 Å². The Labute approximate surface area is 118 Å². The van der Waals surface area contributed by atoms with Crippen LogP contribution in [0.25, 0.3) is 0 Å². The fraction of sp³-hybridized carbons (Fsp3) is 0.867. The predicted molar refractivity (Wildman–Crippen MR) is 79.9 cm³/mol. The summed E-state index contributed by atoms with van der Waals surface area (Å²) < 4.78 is 1.98. The summed E-state index contributed by atoms with van der Waals surface area (Å²) in [4.78, 5) is 0. The Kier molecular flexibility index (Phi) is 8.47. The lowest BCUT2D eigenvalue weighted by molar-refractivity contribution is 0.516. The molecule has 0 unspecified atom stereocenters.